The van der Waals surface area contributed by atoms with Gasteiger partial charge in [0, 0.05) is 6.42 Å². The van der Waals surface area contributed by atoms with Crippen LogP contribution in [-0.4, -0.2) is 27.9 Å². The molecular weight excluding hydrogens is 152 g/mol. The molecular formula is C6H6O5. The second kappa shape index (κ2) is 2.05. The molecule has 0 aliphatic heterocycles. The molecule has 0 amide bonds. The van der Waals surface area contributed by atoms with E-state index in [4.69, 9.17) is 10.2 Å². The summed E-state index contributed by atoms with van der Waals surface area (Å²) in [6, 6.07) is 0. The number of rotatable bonds is 2. The molecule has 5 heteroatoms. The first-order chi connectivity index (χ1) is 5.01. The number of carboxylic acids is 2. The number of aliphatic carboxylic acids is 2. The number of carbonyl (C=O) groups is 3. The second-order valence-electron chi connectivity index (χ2n) is 2.44. The van der Waals surface area contributed by atoms with E-state index in [-0.39, 0.29) is 12.8 Å². The maximum absolute atomic E-state index is 10.7. The molecule has 0 bridgehead atoms. The predicted molar refractivity (Wildman–Crippen MR) is 31.9 cm³/mol. The van der Waals surface area contributed by atoms with E-state index in [0.29, 0.717) is 0 Å². The van der Waals surface area contributed by atoms with Crippen molar-refractivity contribution in [3.63, 3.8) is 0 Å². The third-order valence-electron chi connectivity index (χ3n) is 1.93. The zero-order valence-electron chi connectivity index (χ0n) is 5.53. The van der Waals surface area contributed by atoms with Crippen LogP contribution in [0.1, 0.15) is 12.8 Å². The summed E-state index contributed by atoms with van der Waals surface area (Å²) in [5.74, 6) is -3.82. The zero-order chi connectivity index (χ0) is 8.65. The standard InChI is InChI=1S/C6H6O5/c7-3-1-2-6(3,4(8)9)5(10)11/h1-2H2,(H,8,9)(H,10,11). The fraction of sp³-hybridized carbons (Fsp3) is 0.500. The molecule has 0 aromatic rings. The van der Waals surface area contributed by atoms with Crippen LogP contribution >= 0.6 is 0 Å². The Kier molecular flexibility index (Phi) is 1.44. The third-order valence-corrected chi connectivity index (χ3v) is 1.93. The Morgan fingerprint density at radius 2 is 1.73 bits per heavy atom. The highest BCUT2D eigenvalue weighted by molar-refractivity contribution is 6.22. The lowest BCUT2D eigenvalue weighted by atomic mass is 9.67. The summed E-state index contributed by atoms with van der Waals surface area (Å²) in [4.78, 5) is 31.4. The monoisotopic (exact) mass is 158 g/mol. The van der Waals surface area contributed by atoms with Crippen LogP contribution in [0.5, 0.6) is 0 Å². The molecule has 1 aliphatic rings. The quantitative estimate of drug-likeness (QED) is 0.529. The largest absolute Gasteiger partial charge is 0.480 e. The predicted octanol–water partition coefficient (Wildman–Crippen LogP) is -0.495. The lowest BCUT2D eigenvalue weighted by Gasteiger charge is -2.30. The fourth-order valence-corrected chi connectivity index (χ4v) is 1.02. The van der Waals surface area contributed by atoms with Gasteiger partial charge in [-0.2, -0.15) is 0 Å². The normalized spacial score (nSPS) is 20.5. The smallest absolute Gasteiger partial charge is 0.328 e. The first kappa shape index (κ1) is 7.71. The number of Topliss-reactive ketones (excluding diaryl/α,β-unsaturated/α-hetero) is 1. The molecule has 0 spiro atoms. The molecule has 2 N–H and O–H groups in total. The van der Waals surface area contributed by atoms with E-state index in [0.717, 1.165) is 0 Å². The van der Waals surface area contributed by atoms with Gasteiger partial charge in [-0.3, -0.25) is 14.4 Å². The molecule has 0 aromatic heterocycles. The number of hydrogen-bond acceptors (Lipinski definition) is 3. The Hall–Kier alpha value is -1.39. The Bertz CT molecular complexity index is 214. The Morgan fingerprint density at radius 1 is 1.27 bits per heavy atom. The van der Waals surface area contributed by atoms with E-state index in [2.05, 4.69) is 0 Å². The van der Waals surface area contributed by atoms with Crippen molar-refractivity contribution >= 4 is 17.7 Å². The molecule has 0 heterocycles. The maximum Gasteiger partial charge on any atom is 0.328 e. The van der Waals surface area contributed by atoms with Gasteiger partial charge in [0.05, 0.1) is 0 Å². The van der Waals surface area contributed by atoms with Gasteiger partial charge in [0.15, 0.2) is 5.78 Å². The number of ketones is 1. The summed E-state index contributed by atoms with van der Waals surface area (Å²) in [7, 11) is 0. The van der Waals surface area contributed by atoms with Gasteiger partial charge < -0.3 is 10.2 Å². The van der Waals surface area contributed by atoms with Crippen LogP contribution in [0.4, 0.5) is 0 Å². The van der Waals surface area contributed by atoms with Crippen LogP contribution in [0.3, 0.4) is 0 Å². The van der Waals surface area contributed by atoms with Crippen LogP contribution < -0.4 is 0 Å². The fourth-order valence-electron chi connectivity index (χ4n) is 1.02. The van der Waals surface area contributed by atoms with Crippen LogP contribution in [0.15, 0.2) is 0 Å². The average molecular weight is 158 g/mol. The summed E-state index contributed by atoms with van der Waals surface area (Å²) < 4.78 is 0. The van der Waals surface area contributed by atoms with Gasteiger partial charge in [0.25, 0.3) is 0 Å². The van der Waals surface area contributed by atoms with Crippen LogP contribution in [0.25, 0.3) is 0 Å². The summed E-state index contributed by atoms with van der Waals surface area (Å²) in [5, 5.41) is 16.8. The maximum atomic E-state index is 10.7. The minimum atomic E-state index is -2.12. The van der Waals surface area contributed by atoms with Gasteiger partial charge in [-0.1, -0.05) is 0 Å². The first-order valence-corrected chi connectivity index (χ1v) is 3.02. The molecule has 1 rings (SSSR count). The molecule has 0 aromatic carbocycles. The molecule has 5 nitrogen and oxygen atoms in total. The molecule has 0 radical (unpaired) electrons. The molecule has 1 saturated carbocycles. The number of carbonyl (C=O) groups excluding carboxylic acids is 1. The first-order valence-electron chi connectivity index (χ1n) is 3.02. The minimum absolute atomic E-state index is 0.0542. The highest BCUT2D eigenvalue weighted by Crippen LogP contribution is 2.37. The molecule has 60 valence electrons. The van der Waals surface area contributed by atoms with Crippen LogP contribution in [0.2, 0.25) is 0 Å². The molecule has 11 heavy (non-hydrogen) atoms. The van der Waals surface area contributed by atoms with E-state index in [1.165, 1.54) is 0 Å². The van der Waals surface area contributed by atoms with Gasteiger partial charge in [0.2, 0.25) is 5.41 Å². The number of carboxylic acid groups (broad SMARTS) is 2. The summed E-state index contributed by atoms with van der Waals surface area (Å²) in [5.41, 5.74) is -2.12. The van der Waals surface area contributed by atoms with E-state index in [9.17, 15) is 14.4 Å². The lowest BCUT2D eigenvalue weighted by Crippen LogP contribution is -2.53. The van der Waals surface area contributed by atoms with Crippen molar-refractivity contribution in [3.8, 4) is 0 Å². The summed E-state index contributed by atoms with van der Waals surface area (Å²) >= 11 is 0. The lowest BCUT2D eigenvalue weighted by molar-refractivity contribution is -0.174. The van der Waals surface area contributed by atoms with Crippen LogP contribution in [-0.2, 0) is 14.4 Å². The summed E-state index contributed by atoms with van der Waals surface area (Å²) in [6.45, 7) is 0. The van der Waals surface area contributed by atoms with Crippen molar-refractivity contribution in [2.45, 2.75) is 12.8 Å². The van der Waals surface area contributed by atoms with E-state index >= 15 is 0 Å². The molecule has 1 fully saturated rings. The molecule has 0 unspecified atom stereocenters. The molecule has 1 aliphatic carbocycles. The van der Waals surface area contributed by atoms with Crippen molar-refractivity contribution < 1.29 is 24.6 Å². The average Bonchev–Trinajstić information content (AvgIpc) is 1.83. The Labute approximate surface area is 61.6 Å². The topological polar surface area (TPSA) is 91.7 Å². The van der Waals surface area contributed by atoms with Crippen LogP contribution in [0, 0.1) is 5.41 Å². The van der Waals surface area contributed by atoms with Gasteiger partial charge in [-0.15, -0.1) is 0 Å². The van der Waals surface area contributed by atoms with Gasteiger partial charge in [-0.25, -0.2) is 0 Å². The van der Waals surface area contributed by atoms with Crippen molar-refractivity contribution in [3.05, 3.63) is 0 Å². The molecule has 0 saturated heterocycles. The Balaban J connectivity index is 2.99. The summed E-state index contributed by atoms with van der Waals surface area (Å²) in [6.07, 6.45) is -0.0326. The van der Waals surface area contributed by atoms with Gasteiger partial charge in [-0.05, 0) is 6.42 Å². The molecule has 0 atom stereocenters. The van der Waals surface area contributed by atoms with Crippen molar-refractivity contribution in [1.82, 2.24) is 0 Å². The van der Waals surface area contributed by atoms with Crippen molar-refractivity contribution in [2.75, 3.05) is 0 Å². The zero-order valence-corrected chi connectivity index (χ0v) is 5.53. The number of hydrogen-bond donors (Lipinski definition) is 2. The highest BCUT2D eigenvalue weighted by atomic mass is 16.4. The SMILES string of the molecule is O=C(O)C1(C(=O)O)CCC1=O. The second-order valence-corrected chi connectivity index (χ2v) is 2.44. The minimum Gasteiger partial charge on any atom is -0.480 e. The van der Waals surface area contributed by atoms with Crippen molar-refractivity contribution in [1.29, 1.82) is 0 Å². The highest BCUT2D eigenvalue weighted by Gasteiger charge is 2.59. The van der Waals surface area contributed by atoms with E-state index < -0.39 is 23.1 Å². The van der Waals surface area contributed by atoms with E-state index in [1.807, 2.05) is 0 Å². The van der Waals surface area contributed by atoms with Gasteiger partial charge >= 0.3 is 11.9 Å². The van der Waals surface area contributed by atoms with E-state index in [1.54, 1.807) is 0 Å². The van der Waals surface area contributed by atoms with Crippen molar-refractivity contribution in [2.24, 2.45) is 5.41 Å². The third kappa shape index (κ3) is 0.736. The Morgan fingerprint density at radius 3 is 1.73 bits per heavy atom. The van der Waals surface area contributed by atoms with Gasteiger partial charge in [0.1, 0.15) is 0 Å².